The molecule has 1 aliphatic carbocycles. The molecule has 1 aliphatic rings. The predicted molar refractivity (Wildman–Crippen MR) is 101 cm³/mol. The Morgan fingerprint density at radius 2 is 1.89 bits per heavy atom. The van der Waals surface area contributed by atoms with Gasteiger partial charge in [-0.3, -0.25) is 4.79 Å². The van der Waals surface area contributed by atoms with Gasteiger partial charge < -0.3 is 0 Å². The summed E-state index contributed by atoms with van der Waals surface area (Å²) in [7, 11) is 0. The van der Waals surface area contributed by atoms with Crippen LogP contribution in [0.5, 0.6) is 0 Å². The van der Waals surface area contributed by atoms with E-state index in [1.165, 1.54) is 12.3 Å². The smallest absolute Gasteiger partial charge is 0.300 e. The molecule has 6 heteroatoms. The lowest BCUT2D eigenvalue weighted by Crippen LogP contribution is -2.11. The van der Waals surface area contributed by atoms with E-state index in [2.05, 4.69) is 25.9 Å². The van der Waals surface area contributed by atoms with E-state index < -0.39 is 11.7 Å². The summed E-state index contributed by atoms with van der Waals surface area (Å²) in [6, 6.07) is 2.29. The number of carbonyl (C=O) groups is 1. The van der Waals surface area contributed by atoms with Gasteiger partial charge in [0.15, 0.2) is 0 Å². The maximum Gasteiger partial charge on any atom is 0.416 e. The van der Waals surface area contributed by atoms with Crippen molar-refractivity contribution in [3.63, 3.8) is 0 Å². The maximum atomic E-state index is 12.7. The lowest BCUT2D eigenvalue weighted by atomic mass is 9.79. The minimum atomic E-state index is -4.29. The highest BCUT2D eigenvalue weighted by molar-refractivity contribution is 5.78. The van der Waals surface area contributed by atoms with Crippen LogP contribution >= 0.6 is 0 Å². The third-order valence-corrected chi connectivity index (χ3v) is 4.82. The van der Waals surface area contributed by atoms with Gasteiger partial charge >= 0.3 is 6.18 Å². The molecule has 1 saturated carbocycles. The van der Waals surface area contributed by atoms with Crippen LogP contribution < -0.4 is 0 Å². The van der Waals surface area contributed by atoms with E-state index >= 15 is 0 Å². The van der Waals surface area contributed by atoms with Gasteiger partial charge in [-0.05, 0) is 43.2 Å². The van der Waals surface area contributed by atoms with E-state index in [9.17, 15) is 18.0 Å². The van der Waals surface area contributed by atoms with Crippen LogP contribution in [-0.2, 0) is 11.0 Å². The van der Waals surface area contributed by atoms with Crippen molar-refractivity contribution in [2.75, 3.05) is 0 Å². The second-order valence-electron chi connectivity index (χ2n) is 8.50. The van der Waals surface area contributed by atoms with Crippen LogP contribution in [0.2, 0.25) is 0 Å². The van der Waals surface area contributed by atoms with E-state index in [-0.39, 0.29) is 5.41 Å². The van der Waals surface area contributed by atoms with Crippen LogP contribution in [0.15, 0.2) is 18.3 Å². The lowest BCUT2D eigenvalue weighted by Gasteiger charge is -2.25. The summed E-state index contributed by atoms with van der Waals surface area (Å²) < 4.78 is 39.7. The van der Waals surface area contributed by atoms with Crippen LogP contribution in [-0.4, -0.2) is 15.4 Å². The number of hydrogen-bond donors (Lipinski definition) is 0. The van der Waals surface area contributed by atoms with Gasteiger partial charge in [-0.1, -0.05) is 34.1 Å². The van der Waals surface area contributed by atoms with E-state index in [0.717, 1.165) is 36.6 Å². The summed E-state index contributed by atoms with van der Waals surface area (Å²) in [6.07, 6.45) is 1.75. The van der Waals surface area contributed by atoms with Gasteiger partial charge in [0.25, 0.3) is 0 Å². The van der Waals surface area contributed by atoms with Crippen molar-refractivity contribution in [3.8, 4) is 0 Å². The fourth-order valence-electron chi connectivity index (χ4n) is 3.28. The van der Waals surface area contributed by atoms with Crippen LogP contribution in [0, 0.1) is 12.3 Å². The minimum Gasteiger partial charge on any atom is -0.300 e. The normalized spacial score (nSPS) is 15.3. The third-order valence-electron chi connectivity index (χ3n) is 4.82. The average Bonchev–Trinajstić information content (AvgIpc) is 2.79. The van der Waals surface area contributed by atoms with Gasteiger partial charge in [0.05, 0.1) is 16.8 Å². The molecule has 0 atom stereocenters. The highest BCUT2D eigenvalue weighted by atomic mass is 19.4. The molecule has 0 radical (unpaired) electrons. The monoisotopic (exact) mass is 382 g/mol. The second-order valence-corrected chi connectivity index (χ2v) is 8.50. The number of halogens is 3. The number of pyridine rings is 1. The molecular weight excluding hydrogens is 353 g/mol. The van der Waals surface area contributed by atoms with E-state index in [0.29, 0.717) is 30.1 Å². The number of Topliss-reactive ketones (excluding diaryl/α,β-unsaturated/α-hetero) is 1. The number of fused-ring (bicyclic) bond motifs is 1. The molecule has 0 N–H and O–H groups in total. The Balaban J connectivity index is 0.000000249. The summed E-state index contributed by atoms with van der Waals surface area (Å²) in [6.45, 7) is 10.0. The molecule has 2 aromatic rings. The van der Waals surface area contributed by atoms with Gasteiger partial charge in [-0.25, -0.2) is 4.52 Å². The van der Waals surface area contributed by atoms with Crippen LogP contribution in [0.4, 0.5) is 13.2 Å². The zero-order valence-electron chi connectivity index (χ0n) is 16.8. The Kier molecular flexibility index (Phi) is 6.38. The van der Waals surface area contributed by atoms with E-state index in [1.54, 1.807) is 4.52 Å². The van der Waals surface area contributed by atoms with Gasteiger partial charge in [0, 0.05) is 24.6 Å². The first kappa shape index (κ1) is 21.5. The Bertz CT molecular complexity index is 796. The Hall–Kier alpha value is -1.85. The molecule has 27 heavy (non-hydrogen) atoms. The van der Waals surface area contributed by atoms with E-state index in [4.69, 9.17) is 0 Å². The zero-order chi connectivity index (χ0) is 20.4. The number of hydrogen-bond acceptors (Lipinski definition) is 2. The largest absolute Gasteiger partial charge is 0.416 e. The molecule has 0 amide bonds. The van der Waals surface area contributed by atoms with Crippen molar-refractivity contribution >= 4 is 11.3 Å². The van der Waals surface area contributed by atoms with Crippen molar-refractivity contribution in [2.45, 2.75) is 78.8 Å². The summed E-state index contributed by atoms with van der Waals surface area (Å²) in [4.78, 5) is 10.8. The molecule has 0 aromatic carbocycles. The fraction of sp³-hybridized carbons (Fsp3) is 0.619. The summed E-state index contributed by atoms with van der Waals surface area (Å²) in [5.41, 5.74) is 2.02. The van der Waals surface area contributed by atoms with Crippen molar-refractivity contribution in [3.05, 3.63) is 35.2 Å². The highest BCUT2D eigenvalue weighted by Crippen LogP contribution is 2.41. The van der Waals surface area contributed by atoms with Crippen LogP contribution in [0.3, 0.4) is 0 Å². The molecule has 0 aliphatic heterocycles. The average molecular weight is 382 g/mol. The lowest BCUT2D eigenvalue weighted by molar-refractivity contribution is -0.137. The topological polar surface area (TPSA) is 34.4 Å². The number of nitrogens with zero attached hydrogens (tertiary/aromatic N) is 2. The third kappa shape index (κ3) is 5.56. The van der Waals surface area contributed by atoms with Crippen molar-refractivity contribution in [2.24, 2.45) is 5.41 Å². The standard InChI is InChI=1S/C13H13F3N2.C8H16O/c1-8-12(9-3-2-4-9)11-7-10(13(14,15)16)5-6-18(11)17-8;1-5-7(9)6-8(2,3)4/h5-7,9H,2-4H2,1H3;5-6H2,1-4H3. The molecule has 3 rings (SSSR count). The Morgan fingerprint density at radius 3 is 2.30 bits per heavy atom. The number of aromatic nitrogens is 2. The van der Waals surface area contributed by atoms with Gasteiger partial charge in [-0.15, -0.1) is 0 Å². The molecule has 150 valence electrons. The van der Waals surface area contributed by atoms with E-state index in [1.807, 2.05) is 13.8 Å². The SMILES string of the molecule is CCC(=O)CC(C)(C)C.Cc1nn2ccc(C(F)(F)F)cc2c1C1CCC1. The molecule has 0 unspecified atom stereocenters. The quantitative estimate of drug-likeness (QED) is 0.621. The molecule has 0 spiro atoms. The second kappa shape index (κ2) is 8.03. The predicted octanol–water partition coefficient (Wildman–Crippen LogP) is 6.33. The number of alkyl halides is 3. The number of carbonyl (C=O) groups excluding carboxylic acids is 1. The van der Waals surface area contributed by atoms with Crippen molar-refractivity contribution in [1.29, 1.82) is 0 Å². The first-order valence-electron chi connectivity index (χ1n) is 9.50. The molecule has 2 aromatic heterocycles. The minimum absolute atomic E-state index is 0.174. The number of aryl methyl sites for hydroxylation is 1. The molecule has 0 saturated heterocycles. The molecule has 2 heterocycles. The van der Waals surface area contributed by atoms with Crippen molar-refractivity contribution in [1.82, 2.24) is 9.61 Å². The summed E-state index contributed by atoms with van der Waals surface area (Å²) >= 11 is 0. The number of rotatable bonds is 3. The summed E-state index contributed by atoms with van der Waals surface area (Å²) in [5, 5.41) is 4.29. The Morgan fingerprint density at radius 1 is 1.26 bits per heavy atom. The number of ketones is 1. The highest BCUT2D eigenvalue weighted by Gasteiger charge is 2.32. The molecule has 1 fully saturated rings. The first-order valence-corrected chi connectivity index (χ1v) is 9.50. The zero-order valence-corrected chi connectivity index (χ0v) is 16.8. The Labute approximate surface area is 159 Å². The van der Waals surface area contributed by atoms with Gasteiger partial charge in [0.2, 0.25) is 0 Å². The van der Waals surface area contributed by atoms with Crippen LogP contribution in [0.1, 0.15) is 82.5 Å². The summed E-state index contributed by atoms with van der Waals surface area (Å²) in [5.74, 6) is 0.744. The molecular formula is C21H29F3N2O. The van der Waals surface area contributed by atoms with Crippen LogP contribution in [0.25, 0.3) is 5.52 Å². The molecule has 3 nitrogen and oxygen atoms in total. The van der Waals surface area contributed by atoms with Gasteiger partial charge in [-0.2, -0.15) is 18.3 Å². The molecule has 0 bridgehead atoms. The van der Waals surface area contributed by atoms with Gasteiger partial charge in [0.1, 0.15) is 5.78 Å². The van der Waals surface area contributed by atoms with Crippen molar-refractivity contribution < 1.29 is 18.0 Å². The maximum absolute atomic E-state index is 12.7. The fourth-order valence-corrected chi connectivity index (χ4v) is 3.28. The first-order chi connectivity index (χ1) is 12.4.